The van der Waals surface area contributed by atoms with Gasteiger partial charge in [-0.3, -0.25) is 4.68 Å². The van der Waals surface area contributed by atoms with Gasteiger partial charge in [0.1, 0.15) is 12.1 Å². The van der Waals surface area contributed by atoms with Gasteiger partial charge in [0.15, 0.2) is 5.65 Å². The SMILES string of the molecule is Cc1nn(C)c2ncnc(NC(C)(C)C)c12. The molecule has 0 aromatic carbocycles. The first-order valence-corrected chi connectivity index (χ1v) is 5.31. The zero-order valence-electron chi connectivity index (χ0n) is 10.4. The highest BCUT2D eigenvalue weighted by Gasteiger charge is 2.16. The zero-order chi connectivity index (χ0) is 11.9. The van der Waals surface area contributed by atoms with E-state index in [4.69, 9.17) is 0 Å². The summed E-state index contributed by atoms with van der Waals surface area (Å²) in [7, 11) is 1.89. The second-order valence-electron chi connectivity index (χ2n) is 5.00. The van der Waals surface area contributed by atoms with Crippen LogP contribution in [0.1, 0.15) is 26.5 Å². The van der Waals surface area contributed by atoms with Crippen LogP contribution >= 0.6 is 0 Å². The van der Waals surface area contributed by atoms with E-state index in [1.165, 1.54) is 0 Å². The molecule has 5 heteroatoms. The van der Waals surface area contributed by atoms with Crippen LogP contribution in [-0.4, -0.2) is 25.3 Å². The van der Waals surface area contributed by atoms with Crippen LogP contribution in [0.4, 0.5) is 5.82 Å². The summed E-state index contributed by atoms with van der Waals surface area (Å²) in [6, 6.07) is 0. The van der Waals surface area contributed by atoms with Crippen LogP contribution in [0.5, 0.6) is 0 Å². The van der Waals surface area contributed by atoms with Crippen LogP contribution in [0.3, 0.4) is 0 Å². The lowest BCUT2D eigenvalue weighted by Gasteiger charge is -2.21. The Hall–Kier alpha value is -1.65. The van der Waals surface area contributed by atoms with Crippen molar-refractivity contribution in [1.82, 2.24) is 19.7 Å². The maximum atomic E-state index is 4.36. The van der Waals surface area contributed by atoms with Crippen molar-refractivity contribution in [3.63, 3.8) is 0 Å². The monoisotopic (exact) mass is 219 g/mol. The van der Waals surface area contributed by atoms with Crippen molar-refractivity contribution in [1.29, 1.82) is 0 Å². The maximum Gasteiger partial charge on any atom is 0.163 e. The second kappa shape index (κ2) is 3.43. The van der Waals surface area contributed by atoms with Gasteiger partial charge in [0.05, 0.1) is 11.1 Å². The van der Waals surface area contributed by atoms with Crippen LogP contribution < -0.4 is 5.32 Å². The molecule has 2 aromatic rings. The van der Waals surface area contributed by atoms with Crippen molar-refractivity contribution in [2.24, 2.45) is 7.05 Å². The minimum atomic E-state index is -0.0242. The smallest absolute Gasteiger partial charge is 0.163 e. The summed E-state index contributed by atoms with van der Waals surface area (Å²) in [4.78, 5) is 8.53. The van der Waals surface area contributed by atoms with Crippen molar-refractivity contribution >= 4 is 16.9 Å². The van der Waals surface area contributed by atoms with Gasteiger partial charge >= 0.3 is 0 Å². The van der Waals surface area contributed by atoms with Crippen LogP contribution in [0.15, 0.2) is 6.33 Å². The van der Waals surface area contributed by atoms with Gasteiger partial charge in [-0.2, -0.15) is 5.10 Å². The van der Waals surface area contributed by atoms with E-state index in [1.807, 2.05) is 14.0 Å². The van der Waals surface area contributed by atoms with Crippen molar-refractivity contribution in [3.05, 3.63) is 12.0 Å². The molecule has 0 saturated heterocycles. The van der Waals surface area contributed by atoms with E-state index in [9.17, 15) is 0 Å². The molecule has 0 amide bonds. The molecule has 0 fully saturated rings. The van der Waals surface area contributed by atoms with Gasteiger partial charge < -0.3 is 5.32 Å². The number of nitrogens with zero attached hydrogens (tertiary/aromatic N) is 4. The Kier molecular flexibility index (Phi) is 2.33. The van der Waals surface area contributed by atoms with Gasteiger partial charge in [0, 0.05) is 12.6 Å². The molecule has 0 aliphatic rings. The van der Waals surface area contributed by atoms with Gasteiger partial charge in [-0.1, -0.05) is 0 Å². The van der Waals surface area contributed by atoms with Crippen molar-refractivity contribution < 1.29 is 0 Å². The first kappa shape index (κ1) is 10.9. The Morgan fingerprint density at radius 1 is 1.25 bits per heavy atom. The van der Waals surface area contributed by atoms with Crippen molar-refractivity contribution in [3.8, 4) is 0 Å². The molecule has 0 saturated carbocycles. The fourth-order valence-electron chi connectivity index (χ4n) is 1.73. The van der Waals surface area contributed by atoms with Gasteiger partial charge in [-0.15, -0.1) is 0 Å². The molecule has 0 unspecified atom stereocenters. The molecule has 0 atom stereocenters. The average Bonchev–Trinajstić information content (AvgIpc) is 2.41. The summed E-state index contributed by atoms with van der Waals surface area (Å²) in [5.41, 5.74) is 1.79. The Bertz CT molecular complexity index is 521. The quantitative estimate of drug-likeness (QED) is 0.795. The lowest BCUT2D eigenvalue weighted by molar-refractivity contribution is 0.631. The number of rotatable bonds is 1. The van der Waals surface area contributed by atoms with E-state index in [2.05, 4.69) is 41.2 Å². The molecule has 2 heterocycles. The van der Waals surface area contributed by atoms with E-state index in [1.54, 1.807) is 11.0 Å². The molecule has 0 bridgehead atoms. The first-order chi connectivity index (χ1) is 7.38. The average molecular weight is 219 g/mol. The highest BCUT2D eigenvalue weighted by Crippen LogP contribution is 2.24. The number of aryl methyl sites for hydroxylation is 2. The van der Waals surface area contributed by atoms with E-state index < -0.39 is 0 Å². The highest BCUT2D eigenvalue weighted by molar-refractivity contribution is 5.89. The minimum Gasteiger partial charge on any atom is -0.365 e. The summed E-state index contributed by atoms with van der Waals surface area (Å²) in [5, 5.41) is 8.73. The number of aromatic nitrogens is 4. The third kappa shape index (κ3) is 1.85. The topological polar surface area (TPSA) is 55.6 Å². The highest BCUT2D eigenvalue weighted by atomic mass is 15.3. The molecule has 0 aliphatic heterocycles. The van der Waals surface area contributed by atoms with Gasteiger partial charge in [0.25, 0.3) is 0 Å². The summed E-state index contributed by atoms with van der Waals surface area (Å²) in [6.07, 6.45) is 1.57. The summed E-state index contributed by atoms with van der Waals surface area (Å²) in [6.45, 7) is 8.28. The Balaban J connectivity index is 2.62. The third-order valence-corrected chi connectivity index (χ3v) is 2.29. The Labute approximate surface area is 94.9 Å². The maximum absolute atomic E-state index is 4.36. The molecule has 5 nitrogen and oxygen atoms in total. The standard InChI is InChI=1S/C11H17N5/c1-7-8-9(14-11(2,3)4)12-6-13-10(8)16(5)15-7/h6H,1-5H3,(H,12,13,14). The van der Waals surface area contributed by atoms with E-state index >= 15 is 0 Å². The third-order valence-electron chi connectivity index (χ3n) is 2.29. The minimum absolute atomic E-state index is 0.0242. The molecule has 0 spiro atoms. The fraction of sp³-hybridized carbons (Fsp3) is 0.545. The summed E-state index contributed by atoms with van der Waals surface area (Å²) in [5.74, 6) is 0.850. The van der Waals surface area contributed by atoms with Crippen molar-refractivity contribution in [2.45, 2.75) is 33.2 Å². The normalized spacial score (nSPS) is 12.1. The fourth-order valence-corrected chi connectivity index (χ4v) is 1.73. The molecule has 0 radical (unpaired) electrons. The molecule has 2 aromatic heterocycles. The Morgan fingerprint density at radius 2 is 1.94 bits per heavy atom. The molecule has 2 rings (SSSR count). The second-order valence-corrected chi connectivity index (χ2v) is 5.00. The predicted octanol–water partition coefficient (Wildman–Crippen LogP) is 1.88. The lowest BCUT2D eigenvalue weighted by atomic mass is 10.1. The molecule has 1 N–H and O–H groups in total. The number of hydrogen-bond donors (Lipinski definition) is 1. The number of anilines is 1. The van der Waals surface area contributed by atoms with E-state index in [0.717, 1.165) is 22.5 Å². The number of nitrogens with one attached hydrogen (secondary N) is 1. The predicted molar refractivity (Wildman–Crippen MR) is 64.4 cm³/mol. The largest absolute Gasteiger partial charge is 0.365 e. The number of fused-ring (bicyclic) bond motifs is 1. The van der Waals surface area contributed by atoms with E-state index in [-0.39, 0.29) is 5.54 Å². The summed E-state index contributed by atoms with van der Waals surface area (Å²) < 4.78 is 1.78. The molecule has 0 aliphatic carbocycles. The molecule has 86 valence electrons. The van der Waals surface area contributed by atoms with Gasteiger partial charge in [-0.25, -0.2) is 9.97 Å². The van der Waals surface area contributed by atoms with Crippen LogP contribution in [0.2, 0.25) is 0 Å². The zero-order valence-corrected chi connectivity index (χ0v) is 10.4. The van der Waals surface area contributed by atoms with Gasteiger partial charge in [-0.05, 0) is 27.7 Å². The van der Waals surface area contributed by atoms with Crippen molar-refractivity contribution in [2.75, 3.05) is 5.32 Å². The van der Waals surface area contributed by atoms with Crippen LogP contribution in [0.25, 0.3) is 11.0 Å². The van der Waals surface area contributed by atoms with Crippen LogP contribution in [-0.2, 0) is 7.05 Å². The molecule has 16 heavy (non-hydrogen) atoms. The molecular formula is C11H17N5. The Morgan fingerprint density at radius 3 is 2.56 bits per heavy atom. The lowest BCUT2D eigenvalue weighted by Crippen LogP contribution is -2.26. The molecular weight excluding hydrogens is 202 g/mol. The van der Waals surface area contributed by atoms with Gasteiger partial charge in [0.2, 0.25) is 0 Å². The first-order valence-electron chi connectivity index (χ1n) is 5.31. The summed E-state index contributed by atoms with van der Waals surface area (Å²) >= 11 is 0. The van der Waals surface area contributed by atoms with E-state index in [0.29, 0.717) is 0 Å². The number of hydrogen-bond acceptors (Lipinski definition) is 4. The van der Waals surface area contributed by atoms with Crippen LogP contribution in [0, 0.1) is 6.92 Å².